The fourth-order valence-corrected chi connectivity index (χ4v) is 2.40. The van der Waals surface area contributed by atoms with Gasteiger partial charge in [-0.1, -0.05) is 30.3 Å². The molecule has 0 saturated carbocycles. The monoisotopic (exact) mass is 216 g/mol. The molecule has 0 aliphatic carbocycles. The van der Waals surface area contributed by atoms with Gasteiger partial charge in [0, 0.05) is 6.54 Å². The Kier molecular flexibility index (Phi) is 2.62. The molecule has 2 aliphatic rings. The van der Waals surface area contributed by atoms with Crippen LogP contribution in [0, 0.1) is 0 Å². The number of nitrogens with zero attached hydrogens (tertiary/aromatic N) is 2. The number of benzene rings is 1. The van der Waals surface area contributed by atoms with Gasteiger partial charge >= 0.3 is 0 Å². The van der Waals surface area contributed by atoms with Crippen molar-refractivity contribution in [2.75, 3.05) is 13.1 Å². The van der Waals surface area contributed by atoms with Crippen molar-refractivity contribution < 1.29 is 4.74 Å². The highest BCUT2D eigenvalue weighted by Crippen LogP contribution is 2.23. The van der Waals surface area contributed by atoms with Crippen molar-refractivity contribution in [1.29, 1.82) is 0 Å². The summed E-state index contributed by atoms with van der Waals surface area (Å²) in [5.41, 5.74) is 1.25. The normalized spacial score (nSPS) is 27.4. The molecule has 16 heavy (non-hydrogen) atoms. The highest BCUT2D eigenvalue weighted by Gasteiger charge is 2.33. The van der Waals surface area contributed by atoms with E-state index in [9.17, 15) is 0 Å². The van der Waals surface area contributed by atoms with E-state index in [2.05, 4.69) is 34.2 Å². The summed E-state index contributed by atoms with van der Waals surface area (Å²) < 4.78 is 5.92. The molecule has 0 radical (unpaired) electrons. The predicted molar refractivity (Wildman–Crippen MR) is 63.5 cm³/mol. The third kappa shape index (κ3) is 1.95. The number of rotatable bonds is 3. The fraction of sp³-hybridized carbons (Fsp3) is 0.462. The molecule has 84 valence electrons. The SMILES string of the molecule is C1=NCC2CC(OCc3ccccc3)CN12. The molecule has 3 nitrogen and oxygen atoms in total. The van der Waals surface area contributed by atoms with E-state index in [1.165, 1.54) is 5.56 Å². The molecule has 1 fully saturated rings. The molecule has 2 aliphatic heterocycles. The highest BCUT2D eigenvalue weighted by molar-refractivity contribution is 5.58. The Hall–Kier alpha value is -1.35. The number of ether oxygens (including phenoxy) is 1. The van der Waals surface area contributed by atoms with Crippen LogP contribution >= 0.6 is 0 Å². The van der Waals surface area contributed by atoms with Crippen molar-refractivity contribution in [2.24, 2.45) is 4.99 Å². The van der Waals surface area contributed by atoms with Crippen molar-refractivity contribution in [3.63, 3.8) is 0 Å². The van der Waals surface area contributed by atoms with E-state index in [0.717, 1.165) is 26.1 Å². The second-order valence-electron chi connectivity index (χ2n) is 4.49. The average Bonchev–Trinajstić information content (AvgIpc) is 2.88. The van der Waals surface area contributed by atoms with Crippen molar-refractivity contribution in [2.45, 2.75) is 25.2 Å². The van der Waals surface area contributed by atoms with Gasteiger partial charge in [-0.05, 0) is 12.0 Å². The minimum Gasteiger partial charge on any atom is -0.372 e. The van der Waals surface area contributed by atoms with E-state index in [1.807, 2.05) is 12.4 Å². The van der Waals surface area contributed by atoms with Gasteiger partial charge in [-0.2, -0.15) is 0 Å². The quantitative estimate of drug-likeness (QED) is 0.768. The fourth-order valence-electron chi connectivity index (χ4n) is 2.40. The molecule has 1 aromatic rings. The maximum absolute atomic E-state index is 5.92. The number of fused-ring (bicyclic) bond motifs is 1. The standard InChI is InChI=1S/C13H16N2O/c1-2-4-11(5-3-1)9-16-13-6-12-7-14-10-15(12)8-13/h1-5,10,12-13H,6-9H2. The van der Waals surface area contributed by atoms with Gasteiger partial charge in [0.15, 0.2) is 0 Å². The molecule has 0 bridgehead atoms. The molecule has 1 aromatic carbocycles. The summed E-state index contributed by atoms with van der Waals surface area (Å²) in [6.45, 7) is 2.68. The molecular weight excluding hydrogens is 200 g/mol. The smallest absolute Gasteiger partial charge is 0.0854 e. The van der Waals surface area contributed by atoms with Crippen LogP contribution in [0.4, 0.5) is 0 Å². The van der Waals surface area contributed by atoms with Crippen LogP contribution in [0.2, 0.25) is 0 Å². The molecule has 2 unspecified atom stereocenters. The molecule has 0 spiro atoms. The topological polar surface area (TPSA) is 24.8 Å². The summed E-state index contributed by atoms with van der Waals surface area (Å²) in [4.78, 5) is 6.57. The summed E-state index contributed by atoms with van der Waals surface area (Å²) in [6.07, 6.45) is 3.46. The van der Waals surface area contributed by atoms with E-state index in [0.29, 0.717) is 12.1 Å². The molecule has 0 amide bonds. The summed E-state index contributed by atoms with van der Waals surface area (Å²) in [5.74, 6) is 0. The lowest BCUT2D eigenvalue weighted by Crippen LogP contribution is -2.24. The number of hydrogen-bond donors (Lipinski definition) is 0. The van der Waals surface area contributed by atoms with Crippen molar-refractivity contribution in [1.82, 2.24) is 4.90 Å². The second-order valence-corrected chi connectivity index (χ2v) is 4.49. The van der Waals surface area contributed by atoms with Crippen LogP contribution in [0.3, 0.4) is 0 Å². The first-order valence-electron chi connectivity index (χ1n) is 5.83. The van der Waals surface area contributed by atoms with Crippen molar-refractivity contribution in [3.8, 4) is 0 Å². The van der Waals surface area contributed by atoms with Crippen LogP contribution in [-0.2, 0) is 11.3 Å². The molecular formula is C13H16N2O. The van der Waals surface area contributed by atoms with Crippen LogP contribution in [0.25, 0.3) is 0 Å². The van der Waals surface area contributed by atoms with Crippen LogP contribution in [0.1, 0.15) is 12.0 Å². The molecule has 2 atom stereocenters. The van der Waals surface area contributed by atoms with Crippen molar-refractivity contribution >= 4 is 6.34 Å². The lowest BCUT2D eigenvalue weighted by atomic mass is 10.2. The van der Waals surface area contributed by atoms with E-state index >= 15 is 0 Å². The van der Waals surface area contributed by atoms with Gasteiger partial charge in [0.05, 0.1) is 31.6 Å². The summed E-state index contributed by atoms with van der Waals surface area (Å²) in [5, 5.41) is 0. The third-order valence-electron chi connectivity index (χ3n) is 3.29. The van der Waals surface area contributed by atoms with E-state index in [4.69, 9.17) is 4.74 Å². The lowest BCUT2D eigenvalue weighted by molar-refractivity contribution is 0.0497. The molecule has 1 saturated heterocycles. The van der Waals surface area contributed by atoms with Gasteiger partial charge in [0.25, 0.3) is 0 Å². The zero-order chi connectivity index (χ0) is 10.8. The van der Waals surface area contributed by atoms with Crippen LogP contribution in [0.5, 0.6) is 0 Å². The Labute approximate surface area is 95.7 Å². The summed E-state index contributed by atoms with van der Waals surface area (Å²) >= 11 is 0. The van der Waals surface area contributed by atoms with E-state index in [-0.39, 0.29) is 0 Å². The Morgan fingerprint density at radius 2 is 2.19 bits per heavy atom. The summed E-state index contributed by atoms with van der Waals surface area (Å²) in [7, 11) is 0. The van der Waals surface area contributed by atoms with Gasteiger partial charge in [-0.3, -0.25) is 4.99 Å². The summed E-state index contributed by atoms with van der Waals surface area (Å²) in [6, 6.07) is 11.0. The van der Waals surface area contributed by atoms with Crippen LogP contribution in [-0.4, -0.2) is 36.5 Å². The minimum atomic E-state index is 0.372. The Morgan fingerprint density at radius 1 is 1.31 bits per heavy atom. The predicted octanol–water partition coefficient (Wildman–Crippen LogP) is 1.69. The molecule has 0 aromatic heterocycles. The maximum Gasteiger partial charge on any atom is 0.0854 e. The molecule has 3 rings (SSSR count). The van der Waals surface area contributed by atoms with Gasteiger partial charge in [-0.25, -0.2) is 0 Å². The first-order valence-corrected chi connectivity index (χ1v) is 5.83. The molecule has 0 N–H and O–H groups in total. The molecule has 3 heteroatoms. The first kappa shape index (κ1) is 9.85. The lowest BCUT2D eigenvalue weighted by Gasteiger charge is -2.12. The van der Waals surface area contributed by atoms with Gasteiger partial charge < -0.3 is 9.64 Å². The zero-order valence-corrected chi connectivity index (χ0v) is 9.25. The van der Waals surface area contributed by atoms with E-state index < -0.39 is 0 Å². The Bertz CT molecular complexity index is 377. The van der Waals surface area contributed by atoms with Gasteiger partial charge in [0.1, 0.15) is 0 Å². The second kappa shape index (κ2) is 4.26. The zero-order valence-electron chi connectivity index (χ0n) is 9.25. The number of hydrogen-bond acceptors (Lipinski definition) is 3. The minimum absolute atomic E-state index is 0.372. The largest absolute Gasteiger partial charge is 0.372 e. The van der Waals surface area contributed by atoms with Gasteiger partial charge in [0.2, 0.25) is 0 Å². The van der Waals surface area contributed by atoms with Crippen LogP contribution in [0.15, 0.2) is 35.3 Å². The molecule has 2 heterocycles. The van der Waals surface area contributed by atoms with Crippen LogP contribution < -0.4 is 0 Å². The Balaban J connectivity index is 1.52. The van der Waals surface area contributed by atoms with E-state index in [1.54, 1.807) is 0 Å². The van der Waals surface area contributed by atoms with Crippen molar-refractivity contribution in [3.05, 3.63) is 35.9 Å². The first-order chi connectivity index (χ1) is 7.92. The third-order valence-corrected chi connectivity index (χ3v) is 3.29. The van der Waals surface area contributed by atoms with Gasteiger partial charge in [-0.15, -0.1) is 0 Å². The Morgan fingerprint density at radius 3 is 3.00 bits per heavy atom. The maximum atomic E-state index is 5.92. The number of aliphatic imine (C=N–C) groups is 1. The average molecular weight is 216 g/mol. The highest BCUT2D eigenvalue weighted by atomic mass is 16.5.